The summed E-state index contributed by atoms with van der Waals surface area (Å²) in [5.74, 6) is 1.08. The number of allylic oxidation sites excluding steroid dienone is 1. The molecule has 7 heteroatoms. The van der Waals surface area contributed by atoms with Gasteiger partial charge in [0.2, 0.25) is 5.91 Å². The number of benzene rings is 1. The van der Waals surface area contributed by atoms with Gasteiger partial charge in [-0.25, -0.2) is 4.79 Å². The third-order valence-corrected chi connectivity index (χ3v) is 7.89. The first kappa shape index (κ1) is 20.8. The Hall–Kier alpha value is -2.80. The molecule has 4 heterocycles. The average molecular weight is 450 g/mol. The van der Waals surface area contributed by atoms with Gasteiger partial charge in [-0.2, -0.15) is 0 Å². The molecular formula is C26H31N3O4. The fourth-order valence-electron chi connectivity index (χ4n) is 6.14. The summed E-state index contributed by atoms with van der Waals surface area (Å²) in [6.07, 6.45) is 4.96. The van der Waals surface area contributed by atoms with Gasteiger partial charge in [-0.15, -0.1) is 0 Å². The summed E-state index contributed by atoms with van der Waals surface area (Å²) in [6, 6.07) is 10.2. The van der Waals surface area contributed by atoms with Crippen molar-refractivity contribution in [3.8, 4) is 0 Å². The van der Waals surface area contributed by atoms with Gasteiger partial charge in [-0.05, 0) is 51.2 Å². The lowest BCUT2D eigenvalue weighted by atomic mass is 10.1. The maximum absolute atomic E-state index is 13.0. The third kappa shape index (κ3) is 3.72. The summed E-state index contributed by atoms with van der Waals surface area (Å²) in [4.78, 5) is 31.9. The molecule has 0 spiro atoms. The minimum absolute atomic E-state index is 0.0315. The monoisotopic (exact) mass is 449 g/mol. The van der Waals surface area contributed by atoms with Crippen molar-refractivity contribution in [1.82, 2.24) is 14.7 Å². The zero-order valence-corrected chi connectivity index (χ0v) is 19.2. The van der Waals surface area contributed by atoms with Crippen LogP contribution in [0.15, 0.2) is 45.9 Å². The van der Waals surface area contributed by atoms with Gasteiger partial charge in [0.05, 0.1) is 18.6 Å². The standard InChI is InChI=1S/C26H31N3O4/c1-17(18-6-2-3-7-18)25(30)28-11-10-20(13-28)29-22-15-27(16-24(22)33-26(29)31)14-21-12-19-8-4-5-9-23(19)32-21/h4-5,8-9,12,20,22,24H,2-3,6-7,10-11,13-16H2,1H3/t20?,22-,24+/m1/s1. The number of ether oxygens (including phenoxy) is 1. The first-order valence-electron chi connectivity index (χ1n) is 12.2. The molecule has 3 atom stereocenters. The van der Waals surface area contributed by atoms with E-state index in [-0.39, 0.29) is 30.2 Å². The number of amides is 2. The molecule has 1 aliphatic carbocycles. The highest BCUT2D eigenvalue weighted by Crippen LogP contribution is 2.34. The predicted molar refractivity (Wildman–Crippen MR) is 124 cm³/mol. The van der Waals surface area contributed by atoms with Crippen LogP contribution in [0.4, 0.5) is 4.79 Å². The van der Waals surface area contributed by atoms with E-state index in [2.05, 4.69) is 17.0 Å². The van der Waals surface area contributed by atoms with Crippen LogP contribution in [-0.2, 0) is 16.1 Å². The lowest BCUT2D eigenvalue weighted by Crippen LogP contribution is -2.46. The molecule has 4 fully saturated rings. The second-order valence-electron chi connectivity index (χ2n) is 9.97. The van der Waals surface area contributed by atoms with Crippen molar-refractivity contribution in [2.24, 2.45) is 0 Å². The number of hydrogen-bond acceptors (Lipinski definition) is 5. The van der Waals surface area contributed by atoms with Crippen molar-refractivity contribution >= 4 is 23.0 Å². The van der Waals surface area contributed by atoms with Crippen molar-refractivity contribution in [2.45, 2.75) is 63.8 Å². The van der Waals surface area contributed by atoms with Gasteiger partial charge in [-0.3, -0.25) is 14.6 Å². The van der Waals surface area contributed by atoms with E-state index in [4.69, 9.17) is 9.15 Å². The number of carbonyl (C=O) groups excluding carboxylic acids is 2. The number of carbonyl (C=O) groups is 2. The average Bonchev–Trinajstić information content (AvgIpc) is 3.60. The summed E-state index contributed by atoms with van der Waals surface area (Å²) >= 11 is 0. The second kappa shape index (κ2) is 8.20. The zero-order chi connectivity index (χ0) is 22.5. The van der Waals surface area contributed by atoms with Crippen molar-refractivity contribution in [3.05, 3.63) is 47.2 Å². The Labute approximate surface area is 193 Å². The summed E-state index contributed by atoms with van der Waals surface area (Å²) in [6.45, 7) is 5.47. The van der Waals surface area contributed by atoms with E-state index in [1.54, 1.807) is 0 Å². The molecule has 6 rings (SSSR count). The highest BCUT2D eigenvalue weighted by Gasteiger charge is 2.51. The zero-order valence-electron chi connectivity index (χ0n) is 19.2. The number of fused-ring (bicyclic) bond motifs is 2. The van der Waals surface area contributed by atoms with Crippen molar-refractivity contribution in [3.63, 3.8) is 0 Å². The van der Waals surface area contributed by atoms with Crippen LogP contribution in [0.3, 0.4) is 0 Å². The summed E-state index contributed by atoms with van der Waals surface area (Å²) in [7, 11) is 0. The predicted octanol–water partition coefficient (Wildman–Crippen LogP) is 3.93. The first-order chi connectivity index (χ1) is 16.1. The molecular weight excluding hydrogens is 418 g/mol. The Morgan fingerprint density at radius 2 is 1.94 bits per heavy atom. The van der Waals surface area contributed by atoms with E-state index in [0.29, 0.717) is 26.2 Å². The Morgan fingerprint density at radius 1 is 1.12 bits per heavy atom. The van der Waals surface area contributed by atoms with Crippen LogP contribution in [0.25, 0.3) is 11.0 Å². The van der Waals surface area contributed by atoms with Crippen LogP contribution >= 0.6 is 0 Å². The smallest absolute Gasteiger partial charge is 0.410 e. The van der Waals surface area contributed by atoms with Gasteiger partial charge in [0.1, 0.15) is 17.4 Å². The maximum atomic E-state index is 13.0. The van der Waals surface area contributed by atoms with Crippen LogP contribution in [-0.4, -0.2) is 71.1 Å². The molecule has 0 N–H and O–H groups in total. The summed E-state index contributed by atoms with van der Waals surface area (Å²) in [5.41, 5.74) is 3.15. The molecule has 1 unspecified atom stereocenters. The van der Waals surface area contributed by atoms with Gasteiger partial charge >= 0.3 is 6.09 Å². The van der Waals surface area contributed by atoms with E-state index >= 15 is 0 Å². The lowest BCUT2D eigenvalue weighted by molar-refractivity contribution is -0.126. The molecule has 2 amide bonds. The molecule has 1 aromatic heterocycles. The molecule has 4 aliphatic rings. The van der Waals surface area contributed by atoms with Crippen LogP contribution in [0, 0.1) is 0 Å². The topological polar surface area (TPSA) is 66.2 Å². The number of para-hydroxylation sites is 1. The molecule has 1 saturated carbocycles. The first-order valence-corrected chi connectivity index (χ1v) is 12.2. The summed E-state index contributed by atoms with van der Waals surface area (Å²) in [5, 5.41) is 1.11. The quantitative estimate of drug-likeness (QED) is 0.662. The van der Waals surface area contributed by atoms with Crippen molar-refractivity contribution in [1.29, 1.82) is 0 Å². The highest BCUT2D eigenvalue weighted by atomic mass is 16.6. The number of furan rings is 1. The molecule has 3 saturated heterocycles. The number of rotatable bonds is 4. The van der Waals surface area contributed by atoms with Crippen molar-refractivity contribution in [2.75, 3.05) is 26.2 Å². The minimum Gasteiger partial charge on any atom is -0.460 e. The van der Waals surface area contributed by atoms with Gasteiger partial charge in [0, 0.05) is 37.1 Å². The molecule has 1 aromatic carbocycles. The largest absolute Gasteiger partial charge is 0.460 e. The normalized spacial score (nSPS) is 27.6. The highest BCUT2D eigenvalue weighted by molar-refractivity contribution is 5.94. The Kier molecular flexibility index (Phi) is 5.17. The third-order valence-electron chi connectivity index (χ3n) is 7.89. The van der Waals surface area contributed by atoms with Gasteiger partial charge in [0.15, 0.2) is 0 Å². The van der Waals surface area contributed by atoms with Gasteiger partial charge in [0.25, 0.3) is 0 Å². The molecule has 0 radical (unpaired) electrons. The lowest BCUT2D eigenvalue weighted by Gasteiger charge is -2.28. The fourth-order valence-corrected chi connectivity index (χ4v) is 6.14. The Morgan fingerprint density at radius 3 is 2.76 bits per heavy atom. The SMILES string of the molecule is CC(C(=O)N1CCC(N2C(=O)O[C@H]3CN(Cc4cc5ccccc5o4)C[C@H]32)C1)=C1CCCC1. The van der Waals surface area contributed by atoms with Crippen LogP contribution < -0.4 is 0 Å². The molecule has 174 valence electrons. The molecule has 33 heavy (non-hydrogen) atoms. The maximum Gasteiger partial charge on any atom is 0.410 e. The van der Waals surface area contributed by atoms with Crippen LogP contribution in [0.2, 0.25) is 0 Å². The minimum atomic E-state index is -0.224. The number of nitrogens with zero attached hydrogens (tertiary/aromatic N) is 3. The van der Waals surface area contributed by atoms with Crippen molar-refractivity contribution < 1.29 is 18.7 Å². The van der Waals surface area contributed by atoms with Crippen LogP contribution in [0.5, 0.6) is 0 Å². The van der Waals surface area contributed by atoms with E-state index in [1.807, 2.05) is 34.9 Å². The van der Waals surface area contributed by atoms with E-state index in [9.17, 15) is 9.59 Å². The fraction of sp³-hybridized carbons (Fsp3) is 0.538. The second-order valence-corrected chi connectivity index (χ2v) is 9.97. The number of likely N-dealkylation sites (tertiary alicyclic amines) is 2. The molecule has 3 aliphatic heterocycles. The number of hydrogen-bond donors (Lipinski definition) is 0. The van der Waals surface area contributed by atoms with E-state index < -0.39 is 0 Å². The molecule has 0 bridgehead atoms. The Balaban J connectivity index is 1.11. The van der Waals surface area contributed by atoms with Gasteiger partial charge < -0.3 is 14.1 Å². The van der Waals surface area contributed by atoms with E-state index in [1.165, 1.54) is 18.4 Å². The Bertz CT molecular complexity index is 1080. The van der Waals surface area contributed by atoms with E-state index in [0.717, 1.165) is 48.1 Å². The van der Waals surface area contributed by atoms with Gasteiger partial charge in [-0.1, -0.05) is 23.8 Å². The van der Waals surface area contributed by atoms with Crippen LogP contribution in [0.1, 0.15) is 44.8 Å². The molecule has 7 nitrogen and oxygen atoms in total. The molecule has 2 aromatic rings. The summed E-state index contributed by atoms with van der Waals surface area (Å²) < 4.78 is 11.8.